The molecule has 2 aromatic rings. The number of carbonyl (C=O) groups is 2. The van der Waals surface area contributed by atoms with E-state index in [1.165, 1.54) is 35.4 Å². The van der Waals surface area contributed by atoms with E-state index < -0.39 is 10.9 Å². The molecule has 2 aromatic carbocycles. The molecule has 0 N–H and O–H groups in total. The van der Waals surface area contributed by atoms with E-state index in [1.807, 2.05) is 12.1 Å². The SMILES string of the molecule is O=C(COC(=O)c1ccc([N+](=O)[O-])cc1)c1ccc2c(c1)CCC2. The monoisotopic (exact) mass is 325 g/mol. The second kappa shape index (κ2) is 6.62. The van der Waals surface area contributed by atoms with E-state index in [4.69, 9.17) is 4.74 Å². The van der Waals surface area contributed by atoms with Crippen LogP contribution in [0.4, 0.5) is 5.69 Å². The first-order chi connectivity index (χ1) is 11.5. The van der Waals surface area contributed by atoms with Crippen molar-refractivity contribution in [2.75, 3.05) is 6.61 Å². The summed E-state index contributed by atoms with van der Waals surface area (Å²) in [5, 5.41) is 10.6. The summed E-state index contributed by atoms with van der Waals surface area (Å²) in [6.45, 7) is -0.353. The molecule has 6 heteroatoms. The summed E-state index contributed by atoms with van der Waals surface area (Å²) in [4.78, 5) is 34.1. The lowest BCUT2D eigenvalue weighted by molar-refractivity contribution is -0.384. The molecule has 0 aromatic heterocycles. The number of benzene rings is 2. The maximum atomic E-state index is 12.2. The van der Waals surface area contributed by atoms with E-state index >= 15 is 0 Å². The Balaban J connectivity index is 1.61. The molecule has 0 unspecified atom stereocenters. The first kappa shape index (κ1) is 15.9. The van der Waals surface area contributed by atoms with Crippen LogP contribution in [0.2, 0.25) is 0 Å². The fraction of sp³-hybridized carbons (Fsp3) is 0.222. The predicted octanol–water partition coefficient (Wildman–Crippen LogP) is 3.12. The third kappa shape index (κ3) is 3.32. The minimum atomic E-state index is -0.681. The Morgan fingerprint density at radius 3 is 2.38 bits per heavy atom. The van der Waals surface area contributed by atoms with Gasteiger partial charge in [0.15, 0.2) is 12.4 Å². The second-order valence-electron chi connectivity index (χ2n) is 5.64. The number of carbonyl (C=O) groups excluding carboxylic acids is 2. The van der Waals surface area contributed by atoms with Gasteiger partial charge in [0, 0.05) is 17.7 Å². The Morgan fingerprint density at radius 1 is 1.00 bits per heavy atom. The molecule has 0 spiro atoms. The van der Waals surface area contributed by atoms with Crippen LogP contribution in [0.3, 0.4) is 0 Å². The van der Waals surface area contributed by atoms with Crippen LogP contribution in [0.15, 0.2) is 42.5 Å². The van der Waals surface area contributed by atoms with Gasteiger partial charge < -0.3 is 4.74 Å². The number of hydrogen-bond donors (Lipinski definition) is 0. The Labute approximate surface area is 138 Å². The molecule has 0 saturated heterocycles. The minimum Gasteiger partial charge on any atom is -0.454 e. The Bertz CT molecular complexity index is 811. The van der Waals surface area contributed by atoms with Crippen molar-refractivity contribution >= 4 is 17.4 Å². The third-order valence-electron chi connectivity index (χ3n) is 4.07. The average Bonchev–Trinajstić information content (AvgIpc) is 3.07. The number of hydrogen-bond acceptors (Lipinski definition) is 5. The van der Waals surface area contributed by atoms with Gasteiger partial charge in [0.2, 0.25) is 0 Å². The van der Waals surface area contributed by atoms with Crippen molar-refractivity contribution in [2.24, 2.45) is 0 Å². The van der Waals surface area contributed by atoms with E-state index in [2.05, 4.69) is 0 Å². The number of nitro benzene ring substituents is 1. The standard InChI is InChI=1S/C18H15NO5/c20-17(15-5-4-12-2-1-3-14(12)10-15)11-24-18(21)13-6-8-16(9-7-13)19(22)23/h4-10H,1-3,11H2. The predicted molar refractivity (Wildman–Crippen MR) is 86.2 cm³/mol. The number of ketones is 1. The normalized spacial score (nSPS) is 12.5. The van der Waals surface area contributed by atoms with Crippen molar-refractivity contribution in [3.05, 3.63) is 74.8 Å². The summed E-state index contributed by atoms with van der Waals surface area (Å²) in [6, 6.07) is 10.6. The van der Waals surface area contributed by atoms with Crippen molar-refractivity contribution in [3.8, 4) is 0 Å². The zero-order valence-electron chi connectivity index (χ0n) is 12.9. The minimum absolute atomic E-state index is 0.110. The highest BCUT2D eigenvalue weighted by molar-refractivity contribution is 5.99. The molecule has 24 heavy (non-hydrogen) atoms. The number of aryl methyl sites for hydroxylation is 2. The molecule has 0 amide bonds. The number of ether oxygens (including phenoxy) is 1. The van der Waals surface area contributed by atoms with Crippen LogP contribution in [-0.2, 0) is 17.6 Å². The van der Waals surface area contributed by atoms with Crippen molar-refractivity contribution < 1.29 is 19.2 Å². The smallest absolute Gasteiger partial charge is 0.338 e. The number of fused-ring (bicyclic) bond motifs is 1. The molecule has 0 aliphatic heterocycles. The number of rotatable bonds is 5. The first-order valence-corrected chi connectivity index (χ1v) is 7.61. The number of Topliss-reactive ketones (excluding diaryl/α,β-unsaturated/α-hetero) is 1. The maximum Gasteiger partial charge on any atom is 0.338 e. The largest absolute Gasteiger partial charge is 0.454 e. The van der Waals surface area contributed by atoms with Gasteiger partial charge in [0.1, 0.15) is 0 Å². The maximum absolute atomic E-state index is 12.2. The lowest BCUT2D eigenvalue weighted by atomic mass is 10.0. The molecule has 0 heterocycles. The van der Waals surface area contributed by atoms with Crippen LogP contribution in [0.1, 0.15) is 38.3 Å². The molecule has 0 bridgehead atoms. The van der Waals surface area contributed by atoms with Crippen LogP contribution >= 0.6 is 0 Å². The van der Waals surface area contributed by atoms with E-state index in [0.29, 0.717) is 5.56 Å². The zero-order chi connectivity index (χ0) is 17.1. The van der Waals surface area contributed by atoms with E-state index in [0.717, 1.165) is 19.3 Å². The summed E-state index contributed by atoms with van der Waals surface area (Å²) in [6.07, 6.45) is 3.11. The van der Waals surface area contributed by atoms with Gasteiger partial charge in [-0.05, 0) is 48.6 Å². The summed E-state index contributed by atoms with van der Waals surface area (Å²) in [5.74, 6) is -0.945. The summed E-state index contributed by atoms with van der Waals surface area (Å²) in [5.41, 5.74) is 3.05. The van der Waals surface area contributed by atoms with Crippen LogP contribution in [-0.4, -0.2) is 23.3 Å². The Kier molecular flexibility index (Phi) is 4.37. The fourth-order valence-corrected chi connectivity index (χ4v) is 2.76. The van der Waals surface area contributed by atoms with Crippen molar-refractivity contribution in [2.45, 2.75) is 19.3 Å². The third-order valence-corrected chi connectivity index (χ3v) is 4.07. The van der Waals surface area contributed by atoms with Crippen LogP contribution in [0.5, 0.6) is 0 Å². The van der Waals surface area contributed by atoms with Gasteiger partial charge in [-0.25, -0.2) is 4.79 Å². The van der Waals surface area contributed by atoms with Crippen LogP contribution in [0.25, 0.3) is 0 Å². The molecule has 6 nitrogen and oxygen atoms in total. The molecule has 0 atom stereocenters. The highest BCUT2D eigenvalue weighted by Gasteiger charge is 2.16. The molecular weight excluding hydrogens is 310 g/mol. The molecule has 1 aliphatic carbocycles. The average molecular weight is 325 g/mol. The molecule has 1 aliphatic rings. The van der Waals surface area contributed by atoms with Crippen LogP contribution in [0, 0.1) is 10.1 Å². The number of esters is 1. The fourth-order valence-electron chi connectivity index (χ4n) is 2.76. The molecule has 0 fully saturated rings. The van der Waals surface area contributed by atoms with Crippen molar-refractivity contribution in [1.29, 1.82) is 0 Å². The Hall–Kier alpha value is -3.02. The summed E-state index contributed by atoms with van der Waals surface area (Å²) >= 11 is 0. The number of nitro groups is 1. The van der Waals surface area contributed by atoms with Crippen LogP contribution < -0.4 is 0 Å². The number of non-ortho nitro benzene ring substituents is 1. The quantitative estimate of drug-likeness (QED) is 0.365. The molecule has 3 rings (SSSR count). The molecule has 0 radical (unpaired) electrons. The highest BCUT2D eigenvalue weighted by atomic mass is 16.6. The zero-order valence-corrected chi connectivity index (χ0v) is 12.9. The van der Waals surface area contributed by atoms with E-state index in [9.17, 15) is 19.7 Å². The molecule has 122 valence electrons. The van der Waals surface area contributed by atoms with Crippen molar-refractivity contribution in [3.63, 3.8) is 0 Å². The van der Waals surface area contributed by atoms with Gasteiger partial charge in [-0.2, -0.15) is 0 Å². The highest BCUT2D eigenvalue weighted by Crippen LogP contribution is 2.23. The van der Waals surface area contributed by atoms with Gasteiger partial charge in [0.25, 0.3) is 5.69 Å². The van der Waals surface area contributed by atoms with Gasteiger partial charge in [-0.15, -0.1) is 0 Å². The Morgan fingerprint density at radius 2 is 1.67 bits per heavy atom. The molecule has 0 saturated carbocycles. The van der Waals surface area contributed by atoms with E-state index in [-0.39, 0.29) is 23.6 Å². The number of nitrogens with zero attached hydrogens (tertiary/aromatic N) is 1. The molecular formula is C18H15NO5. The van der Waals surface area contributed by atoms with Gasteiger partial charge >= 0.3 is 5.97 Å². The van der Waals surface area contributed by atoms with Crippen molar-refractivity contribution in [1.82, 2.24) is 0 Å². The van der Waals surface area contributed by atoms with Gasteiger partial charge in [-0.3, -0.25) is 14.9 Å². The summed E-state index contributed by atoms with van der Waals surface area (Å²) < 4.78 is 5.01. The van der Waals surface area contributed by atoms with E-state index in [1.54, 1.807) is 6.07 Å². The lowest BCUT2D eigenvalue weighted by Gasteiger charge is -2.06. The topological polar surface area (TPSA) is 86.5 Å². The second-order valence-corrected chi connectivity index (χ2v) is 5.64. The van der Waals surface area contributed by atoms with Gasteiger partial charge in [0.05, 0.1) is 10.5 Å². The first-order valence-electron chi connectivity index (χ1n) is 7.61. The summed E-state index contributed by atoms with van der Waals surface area (Å²) in [7, 11) is 0. The lowest BCUT2D eigenvalue weighted by Crippen LogP contribution is -2.14. The van der Waals surface area contributed by atoms with Gasteiger partial charge in [-0.1, -0.05) is 12.1 Å².